The number of benzene rings is 1. The smallest absolute Gasteiger partial charge is 1.00 e. The second-order valence-corrected chi connectivity index (χ2v) is 6.50. The fourth-order valence-corrected chi connectivity index (χ4v) is 2.71. The fraction of sp³-hybridized carbons (Fsp3) is 0.471. The van der Waals surface area contributed by atoms with Gasteiger partial charge in [0, 0.05) is 9.52 Å². The maximum atomic E-state index is 2.33. The predicted octanol–water partition coefficient (Wildman–Crippen LogP) is -0.608. The zero-order chi connectivity index (χ0) is 13.4. The molecule has 0 spiro atoms. The molecular formula is C17H25F2SiZr. The van der Waals surface area contributed by atoms with Gasteiger partial charge in [-0.3, -0.25) is 0 Å². The molecule has 0 saturated carbocycles. The van der Waals surface area contributed by atoms with Gasteiger partial charge in [-0.1, -0.05) is 52.3 Å². The third-order valence-electron chi connectivity index (χ3n) is 3.20. The van der Waals surface area contributed by atoms with Crippen molar-refractivity contribution in [3.8, 4) is 0 Å². The van der Waals surface area contributed by atoms with Crippen LogP contribution in [0.15, 0.2) is 30.3 Å². The molecule has 2 rings (SSSR count). The molecule has 115 valence electrons. The summed E-state index contributed by atoms with van der Waals surface area (Å²) in [6, 6.07) is 13.7. The first kappa shape index (κ1) is 25.7. The molecule has 0 heterocycles. The van der Waals surface area contributed by atoms with E-state index in [-0.39, 0.29) is 35.6 Å². The first-order chi connectivity index (χ1) is 8.74. The first-order valence-corrected chi connectivity index (χ1v) is 8.50. The van der Waals surface area contributed by atoms with Gasteiger partial charge in [0.1, 0.15) is 0 Å². The molecule has 3 radical (unpaired) electrons. The van der Waals surface area contributed by atoms with Gasteiger partial charge in [-0.2, -0.15) is 5.56 Å². The van der Waals surface area contributed by atoms with Crippen LogP contribution in [0.2, 0.25) is 12.1 Å². The van der Waals surface area contributed by atoms with Gasteiger partial charge in [0.2, 0.25) is 0 Å². The topological polar surface area (TPSA) is 0 Å². The number of fused-ring (bicyclic) bond motifs is 1. The van der Waals surface area contributed by atoms with Crippen LogP contribution in [0.5, 0.6) is 0 Å². The van der Waals surface area contributed by atoms with Crippen molar-refractivity contribution in [1.82, 2.24) is 0 Å². The molecule has 0 aliphatic carbocycles. The molecule has 0 fully saturated rings. The van der Waals surface area contributed by atoms with Crippen LogP contribution in [0.1, 0.15) is 38.3 Å². The maximum Gasteiger partial charge on any atom is 3.00 e. The second kappa shape index (κ2) is 14.7. The van der Waals surface area contributed by atoms with Crippen LogP contribution in [-0.2, 0) is 32.6 Å². The van der Waals surface area contributed by atoms with E-state index in [2.05, 4.69) is 58.0 Å². The summed E-state index contributed by atoms with van der Waals surface area (Å²) in [4.78, 5) is 0. The summed E-state index contributed by atoms with van der Waals surface area (Å²) in [6.45, 7) is 8.91. The molecule has 0 aromatic heterocycles. The number of hydrogen-bond acceptors (Lipinski definition) is 0. The minimum atomic E-state index is 0. The van der Waals surface area contributed by atoms with Crippen molar-refractivity contribution >= 4 is 20.3 Å². The Morgan fingerprint density at radius 3 is 2.00 bits per heavy atom. The minimum Gasteiger partial charge on any atom is -1.00 e. The molecule has 0 nitrogen and oxygen atoms in total. The van der Waals surface area contributed by atoms with Crippen molar-refractivity contribution in [3.05, 3.63) is 41.5 Å². The predicted molar refractivity (Wildman–Crippen MR) is 85.0 cm³/mol. The summed E-state index contributed by atoms with van der Waals surface area (Å²) in [6.07, 6.45) is 2.44. The van der Waals surface area contributed by atoms with E-state index in [4.69, 9.17) is 0 Å². The number of aryl methyl sites for hydroxylation is 2. The van der Waals surface area contributed by atoms with Crippen LogP contribution < -0.4 is 9.41 Å². The van der Waals surface area contributed by atoms with E-state index in [1.807, 2.05) is 0 Å². The Morgan fingerprint density at radius 2 is 1.57 bits per heavy atom. The molecule has 0 bridgehead atoms. The van der Waals surface area contributed by atoms with Crippen molar-refractivity contribution in [2.75, 3.05) is 0 Å². The molecule has 0 atom stereocenters. The van der Waals surface area contributed by atoms with Crippen molar-refractivity contribution in [3.63, 3.8) is 0 Å². The van der Waals surface area contributed by atoms with Gasteiger partial charge in [0.15, 0.2) is 0 Å². The van der Waals surface area contributed by atoms with Gasteiger partial charge in [0.25, 0.3) is 0 Å². The quantitative estimate of drug-likeness (QED) is 0.486. The normalized spacial score (nSPS) is 8.76. The molecule has 0 saturated heterocycles. The summed E-state index contributed by atoms with van der Waals surface area (Å²) in [5.74, 6) is 0. The molecular weight excluding hydrogens is 361 g/mol. The van der Waals surface area contributed by atoms with Gasteiger partial charge in [-0.15, -0.1) is 40.6 Å². The Kier molecular flexibility index (Phi) is 18.0. The first-order valence-electron chi connectivity index (χ1n) is 7.09. The summed E-state index contributed by atoms with van der Waals surface area (Å²) in [5.41, 5.74) is 2.99. The van der Waals surface area contributed by atoms with Crippen LogP contribution in [0.3, 0.4) is 0 Å². The van der Waals surface area contributed by atoms with Crippen LogP contribution in [0.4, 0.5) is 0 Å². The molecule has 0 amide bonds. The molecule has 0 aliphatic rings. The molecule has 4 heteroatoms. The Bertz CT molecular complexity index is 467. The van der Waals surface area contributed by atoms with Crippen LogP contribution in [0, 0.1) is 6.92 Å². The second-order valence-electron chi connectivity index (χ2n) is 4.59. The summed E-state index contributed by atoms with van der Waals surface area (Å²) >= 11 is 0. The molecule has 0 unspecified atom stereocenters. The summed E-state index contributed by atoms with van der Waals surface area (Å²) in [7, 11) is 1.20. The number of rotatable bonds is 4. The average molecular weight is 387 g/mol. The third-order valence-corrected chi connectivity index (χ3v) is 4.20. The third kappa shape index (κ3) is 8.11. The zero-order valence-corrected chi connectivity index (χ0v) is 16.9. The van der Waals surface area contributed by atoms with E-state index >= 15 is 0 Å². The largest absolute Gasteiger partial charge is 3.00 e. The van der Waals surface area contributed by atoms with Gasteiger partial charge in [0.05, 0.1) is 0 Å². The van der Waals surface area contributed by atoms with Gasteiger partial charge < -0.3 is 9.41 Å². The van der Waals surface area contributed by atoms with E-state index in [0.29, 0.717) is 0 Å². The Balaban J connectivity index is -0.000000360. The number of hydrogen-bond donors (Lipinski definition) is 0. The molecule has 2 aromatic rings. The van der Waals surface area contributed by atoms with Crippen LogP contribution >= 0.6 is 0 Å². The average Bonchev–Trinajstić information content (AvgIpc) is 2.70. The molecule has 0 N–H and O–H groups in total. The van der Waals surface area contributed by atoms with Crippen molar-refractivity contribution in [2.45, 2.75) is 52.6 Å². The van der Waals surface area contributed by atoms with Crippen molar-refractivity contribution in [2.24, 2.45) is 0 Å². The monoisotopic (exact) mass is 385 g/mol. The summed E-state index contributed by atoms with van der Waals surface area (Å²) in [5, 5.41) is 2.81. The Labute approximate surface area is 149 Å². The molecule has 2 aromatic carbocycles. The molecule has 21 heavy (non-hydrogen) atoms. The molecule has 0 aliphatic heterocycles. The van der Waals surface area contributed by atoms with Crippen LogP contribution in [0.25, 0.3) is 10.8 Å². The van der Waals surface area contributed by atoms with E-state index in [1.54, 1.807) is 0 Å². The number of halogens is 2. The van der Waals surface area contributed by atoms with Crippen molar-refractivity contribution < 1.29 is 35.6 Å². The van der Waals surface area contributed by atoms with Gasteiger partial charge in [-0.05, 0) is 6.42 Å². The van der Waals surface area contributed by atoms with E-state index in [0.717, 1.165) is 0 Å². The van der Waals surface area contributed by atoms with E-state index in [1.165, 1.54) is 56.3 Å². The Morgan fingerprint density at radius 1 is 1.00 bits per heavy atom. The van der Waals surface area contributed by atoms with Crippen molar-refractivity contribution in [1.29, 1.82) is 0 Å². The van der Waals surface area contributed by atoms with E-state index in [9.17, 15) is 0 Å². The van der Waals surface area contributed by atoms with Gasteiger partial charge in [-0.25, -0.2) is 0 Å². The maximum absolute atomic E-state index is 2.33. The summed E-state index contributed by atoms with van der Waals surface area (Å²) < 4.78 is 0. The standard InChI is InChI=1S/C13H15.C4H10Si.2FH.Zr/c1-3-6-11-9-12-7-4-5-8-13(12)10(11)2;1-3-5-4-2;;;/h4-5,7-9H,3,6H2,1-2H3;3-4H2,1-2H3;2*1H;/q-1;;;;+3/p-2. The fourth-order valence-electron chi connectivity index (χ4n) is 2.21. The zero-order valence-electron chi connectivity index (χ0n) is 13.5. The van der Waals surface area contributed by atoms with Crippen LogP contribution in [-0.4, -0.2) is 9.52 Å². The SMILES string of the molecule is CCCc1[cH-]c2ccccc2c1C.CC[Si]CC.[F-].[F-].[Zr+3]. The van der Waals surface area contributed by atoms with Gasteiger partial charge >= 0.3 is 26.2 Å². The Hall–Kier alpha value is -0.210. The van der Waals surface area contributed by atoms with E-state index < -0.39 is 0 Å². The minimum absolute atomic E-state index is 0.